The molecule has 0 fully saturated rings. The lowest BCUT2D eigenvalue weighted by atomic mass is 10.2. The average molecular weight is 248 g/mol. The maximum Gasteiger partial charge on any atom is 0.132 e. The van der Waals surface area contributed by atoms with Crippen molar-refractivity contribution in [1.82, 2.24) is 9.97 Å². The molecular formula is C12H16N4S. The van der Waals surface area contributed by atoms with E-state index < -0.39 is 0 Å². The largest absolute Gasteiger partial charge is 0.384 e. The molecule has 4 nitrogen and oxygen atoms in total. The molecule has 2 rings (SSSR count). The van der Waals surface area contributed by atoms with Gasteiger partial charge in [0.25, 0.3) is 0 Å². The zero-order valence-corrected chi connectivity index (χ0v) is 11.0. The van der Waals surface area contributed by atoms with E-state index in [1.54, 1.807) is 17.4 Å². The Morgan fingerprint density at radius 2 is 2.06 bits per heavy atom. The number of hydrogen-bond acceptors (Lipinski definition) is 5. The second-order valence-corrected chi connectivity index (χ2v) is 5.36. The lowest BCUT2D eigenvalue weighted by Crippen LogP contribution is -2.08. The predicted molar refractivity (Wildman–Crippen MR) is 72.3 cm³/mol. The molecule has 0 saturated heterocycles. The number of aromatic nitrogens is 2. The molecule has 1 atom stereocenters. The summed E-state index contributed by atoms with van der Waals surface area (Å²) in [6.07, 6.45) is 0. The number of anilines is 2. The van der Waals surface area contributed by atoms with E-state index in [-0.39, 0.29) is 6.04 Å². The van der Waals surface area contributed by atoms with Crippen molar-refractivity contribution in [3.8, 4) is 0 Å². The van der Waals surface area contributed by atoms with Crippen molar-refractivity contribution in [2.45, 2.75) is 26.8 Å². The highest BCUT2D eigenvalue weighted by atomic mass is 32.1. The maximum atomic E-state index is 5.69. The van der Waals surface area contributed by atoms with E-state index in [0.717, 1.165) is 5.82 Å². The van der Waals surface area contributed by atoms with Gasteiger partial charge < -0.3 is 11.1 Å². The predicted octanol–water partition coefficient (Wildman–Crippen LogP) is 2.91. The SMILES string of the molecule is Cc1nc(N)cc(NC(C)c2ccc(C)s2)n1. The minimum Gasteiger partial charge on any atom is -0.384 e. The summed E-state index contributed by atoms with van der Waals surface area (Å²) in [4.78, 5) is 11.0. The molecule has 0 saturated carbocycles. The number of thiophene rings is 1. The Morgan fingerprint density at radius 3 is 2.65 bits per heavy atom. The summed E-state index contributed by atoms with van der Waals surface area (Å²) in [5.74, 6) is 1.95. The minimum absolute atomic E-state index is 0.224. The van der Waals surface area contributed by atoms with Crippen molar-refractivity contribution in [2.24, 2.45) is 0 Å². The first-order valence-electron chi connectivity index (χ1n) is 5.48. The van der Waals surface area contributed by atoms with Gasteiger partial charge in [0.1, 0.15) is 17.5 Å². The van der Waals surface area contributed by atoms with E-state index in [9.17, 15) is 0 Å². The topological polar surface area (TPSA) is 63.8 Å². The van der Waals surface area contributed by atoms with E-state index in [0.29, 0.717) is 11.6 Å². The highest BCUT2D eigenvalue weighted by Crippen LogP contribution is 2.25. The monoisotopic (exact) mass is 248 g/mol. The number of nitrogens with two attached hydrogens (primary N) is 1. The minimum atomic E-state index is 0.224. The Labute approximate surface area is 105 Å². The molecule has 5 heteroatoms. The fourth-order valence-electron chi connectivity index (χ4n) is 1.64. The van der Waals surface area contributed by atoms with E-state index >= 15 is 0 Å². The Bertz CT molecular complexity index is 501. The summed E-state index contributed by atoms with van der Waals surface area (Å²) in [7, 11) is 0. The third kappa shape index (κ3) is 2.94. The third-order valence-electron chi connectivity index (χ3n) is 2.41. The fraction of sp³-hybridized carbons (Fsp3) is 0.333. The lowest BCUT2D eigenvalue weighted by molar-refractivity contribution is 0.888. The van der Waals surface area contributed by atoms with Crippen molar-refractivity contribution in [3.05, 3.63) is 33.8 Å². The summed E-state index contributed by atoms with van der Waals surface area (Å²) in [6.45, 7) is 6.05. The molecule has 0 aliphatic rings. The van der Waals surface area contributed by atoms with Crippen LogP contribution in [0.3, 0.4) is 0 Å². The smallest absolute Gasteiger partial charge is 0.132 e. The van der Waals surface area contributed by atoms with Crippen LogP contribution in [0.25, 0.3) is 0 Å². The summed E-state index contributed by atoms with van der Waals surface area (Å²) >= 11 is 1.79. The first-order chi connectivity index (χ1) is 8.04. The van der Waals surface area contributed by atoms with Gasteiger partial charge in [-0.25, -0.2) is 9.97 Å². The number of aryl methyl sites for hydroxylation is 2. The van der Waals surface area contributed by atoms with Crippen molar-refractivity contribution >= 4 is 23.0 Å². The number of nitrogen functional groups attached to an aromatic ring is 1. The van der Waals surface area contributed by atoms with Crippen LogP contribution in [0.2, 0.25) is 0 Å². The van der Waals surface area contributed by atoms with Crippen LogP contribution in [-0.2, 0) is 0 Å². The molecule has 0 radical (unpaired) electrons. The molecule has 2 aromatic rings. The molecule has 3 N–H and O–H groups in total. The van der Waals surface area contributed by atoms with Crippen LogP contribution in [0.15, 0.2) is 18.2 Å². The van der Waals surface area contributed by atoms with Gasteiger partial charge in [-0.1, -0.05) is 0 Å². The van der Waals surface area contributed by atoms with Gasteiger partial charge in [0.15, 0.2) is 0 Å². The zero-order valence-electron chi connectivity index (χ0n) is 10.2. The molecular weight excluding hydrogens is 232 g/mol. The van der Waals surface area contributed by atoms with Crippen molar-refractivity contribution in [2.75, 3.05) is 11.1 Å². The van der Waals surface area contributed by atoms with Gasteiger partial charge in [0.05, 0.1) is 6.04 Å². The lowest BCUT2D eigenvalue weighted by Gasteiger charge is -2.13. The van der Waals surface area contributed by atoms with Crippen LogP contribution in [0.1, 0.15) is 28.5 Å². The van der Waals surface area contributed by atoms with Gasteiger partial charge in [-0.05, 0) is 32.9 Å². The molecule has 1 unspecified atom stereocenters. The van der Waals surface area contributed by atoms with Crippen LogP contribution in [0.4, 0.5) is 11.6 Å². The fourth-order valence-corrected chi connectivity index (χ4v) is 2.52. The molecule has 0 spiro atoms. The van der Waals surface area contributed by atoms with Crippen molar-refractivity contribution in [1.29, 1.82) is 0 Å². The molecule has 2 aromatic heterocycles. The summed E-state index contributed by atoms with van der Waals surface area (Å²) in [6, 6.07) is 6.24. The van der Waals surface area contributed by atoms with E-state index in [1.807, 2.05) is 6.92 Å². The van der Waals surface area contributed by atoms with Crippen LogP contribution < -0.4 is 11.1 Å². The standard InChI is InChI=1S/C12H16N4S/c1-7-4-5-10(17-7)8(2)14-12-6-11(13)15-9(3)16-12/h4-6,8H,1-3H3,(H3,13,14,15,16). The Balaban J connectivity index is 2.15. The molecule has 0 bridgehead atoms. The maximum absolute atomic E-state index is 5.69. The van der Waals surface area contributed by atoms with Gasteiger partial charge in [0, 0.05) is 15.8 Å². The van der Waals surface area contributed by atoms with Crippen LogP contribution in [0, 0.1) is 13.8 Å². The number of rotatable bonds is 3. The van der Waals surface area contributed by atoms with Crippen LogP contribution in [-0.4, -0.2) is 9.97 Å². The molecule has 90 valence electrons. The molecule has 2 heterocycles. The number of nitrogens with zero attached hydrogens (tertiary/aromatic N) is 2. The normalized spacial score (nSPS) is 12.4. The highest BCUT2D eigenvalue weighted by molar-refractivity contribution is 7.12. The molecule has 0 aliphatic carbocycles. The Hall–Kier alpha value is -1.62. The van der Waals surface area contributed by atoms with Gasteiger partial charge in [0.2, 0.25) is 0 Å². The number of nitrogens with one attached hydrogen (secondary N) is 1. The summed E-state index contributed by atoms with van der Waals surface area (Å²) < 4.78 is 0. The quantitative estimate of drug-likeness (QED) is 0.876. The van der Waals surface area contributed by atoms with Gasteiger partial charge in [-0.15, -0.1) is 11.3 Å². The first kappa shape index (κ1) is 11.9. The molecule has 0 amide bonds. The second-order valence-electron chi connectivity index (χ2n) is 4.04. The summed E-state index contributed by atoms with van der Waals surface area (Å²) in [5, 5.41) is 3.33. The van der Waals surface area contributed by atoms with Gasteiger partial charge in [-0.2, -0.15) is 0 Å². The second kappa shape index (κ2) is 4.71. The Kier molecular flexibility index (Phi) is 3.28. The van der Waals surface area contributed by atoms with Crippen LogP contribution >= 0.6 is 11.3 Å². The molecule has 17 heavy (non-hydrogen) atoms. The third-order valence-corrected chi connectivity index (χ3v) is 3.59. The highest BCUT2D eigenvalue weighted by Gasteiger charge is 2.09. The van der Waals surface area contributed by atoms with Crippen LogP contribution in [0.5, 0.6) is 0 Å². The van der Waals surface area contributed by atoms with Crippen molar-refractivity contribution < 1.29 is 0 Å². The zero-order chi connectivity index (χ0) is 12.4. The van der Waals surface area contributed by atoms with E-state index in [4.69, 9.17) is 5.73 Å². The average Bonchev–Trinajstić information content (AvgIpc) is 2.63. The first-order valence-corrected chi connectivity index (χ1v) is 6.30. The van der Waals surface area contributed by atoms with E-state index in [2.05, 4.69) is 41.3 Å². The van der Waals surface area contributed by atoms with Gasteiger partial charge in [-0.3, -0.25) is 0 Å². The molecule has 0 aromatic carbocycles. The number of hydrogen-bond donors (Lipinski definition) is 2. The van der Waals surface area contributed by atoms with Gasteiger partial charge >= 0.3 is 0 Å². The van der Waals surface area contributed by atoms with Crippen molar-refractivity contribution in [3.63, 3.8) is 0 Å². The summed E-state index contributed by atoms with van der Waals surface area (Å²) in [5.41, 5.74) is 5.69. The van der Waals surface area contributed by atoms with E-state index in [1.165, 1.54) is 9.75 Å². The molecule has 0 aliphatic heterocycles. The Morgan fingerprint density at radius 1 is 1.29 bits per heavy atom.